The molecule has 8 heteroatoms. The zero-order valence-electron chi connectivity index (χ0n) is 18.7. The van der Waals surface area contributed by atoms with Crippen LogP contribution in [0.4, 0.5) is 13.2 Å². The van der Waals surface area contributed by atoms with Crippen molar-refractivity contribution in [3.8, 4) is 11.3 Å². The van der Waals surface area contributed by atoms with E-state index in [1.54, 1.807) is 30.3 Å². The number of fused-ring (bicyclic) bond motifs is 2. The van der Waals surface area contributed by atoms with E-state index in [0.29, 0.717) is 17.4 Å². The molecule has 1 aliphatic carbocycles. The second-order valence-electron chi connectivity index (χ2n) is 9.57. The first kappa shape index (κ1) is 21.9. The number of likely N-dealkylation sites (tertiary alicyclic amines) is 1. The number of carbonyl (C=O) groups excluding carboxylic acids is 1. The highest BCUT2D eigenvalue weighted by Crippen LogP contribution is 2.41. The molecule has 2 fully saturated rings. The number of alkyl halides is 3. The van der Waals surface area contributed by atoms with Gasteiger partial charge in [0.2, 0.25) is 0 Å². The van der Waals surface area contributed by atoms with Gasteiger partial charge in [-0.1, -0.05) is 37.3 Å². The van der Waals surface area contributed by atoms with E-state index in [1.807, 2.05) is 11.8 Å². The Morgan fingerprint density at radius 3 is 2.52 bits per heavy atom. The molecule has 1 aliphatic heterocycles. The van der Waals surface area contributed by atoms with Gasteiger partial charge in [0.15, 0.2) is 17.0 Å². The molecule has 1 aromatic carbocycles. The van der Waals surface area contributed by atoms with Crippen LogP contribution in [-0.4, -0.2) is 37.5 Å². The van der Waals surface area contributed by atoms with Crippen LogP contribution in [0, 0.1) is 11.8 Å². The summed E-state index contributed by atoms with van der Waals surface area (Å²) in [6.07, 6.45) is 0.428. The molecule has 1 saturated heterocycles. The van der Waals surface area contributed by atoms with Gasteiger partial charge in [-0.3, -0.25) is 4.79 Å². The highest BCUT2D eigenvalue weighted by atomic mass is 19.4. The van der Waals surface area contributed by atoms with Gasteiger partial charge >= 0.3 is 6.18 Å². The average Bonchev–Trinajstić information content (AvgIpc) is 3.22. The van der Waals surface area contributed by atoms with Crippen molar-refractivity contribution in [2.24, 2.45) is 11.8 Å². The normalized spacial score (nSPS) is 25.8. The van der Waals surface area contributed by atoms with Crippen LogP contribution in [0.1, 0.15) is 62.1 Å². The molecule has 0 radical (unpaired) electrons. The summed E-state index contributed by atoms with van der Waals surface area (Å²) in [5.41, 5.74) is -0.137. The second kappa shape index (κ2) is 8.15. The van der Waals surface area contributed by atoms with Crippen LogP contribution in [-0.2, 0) is 6.18 Å². The molecule has 1 saturated carbocycles. The molecule has 0 bridgehead atoms. The summed E-state index contributed by atoms with van der Waals surface area (Å²) in [5.74, 6) is 0.785. The average molecular weight is 457 g/mol. The van der Waals surface area contributed by atoms with E-state index in [0.717, 1.165) is 42.7 Å². The van der Waals surface area contributed by atoms with Gasteiger partial charge in [0.1, 0.15) is 0 Å². The quantitative estimate of drug-likeness (QED) is 0.487. The van der Waals surface area contributed by atoms with Gasteiger partial charge in [0, 0.05) is 23.7 Å². The van der Waals surface area contributed by atoms with Crippen LogP contribution in [0.2, 0.25) is 0 Å². The van der Waals surface area contributed by atoms with E-state index < -0.39 is 11.9 Å². The fourth-order valence-electron chi connectivity index (χ4n) is 5.60. The topological polar surface area (TPSA) is 50.5 Å². The summed E-state index contributed by atoms with van der Waals surface area (Å²) >= 11 is 0. The van der Waals surface area contributed by atoms with E-state index in [1.165, 1.54) is 6.07 Å². The lowest BCUT2D eigenvalue weighted by Gasteiger charge is -2.48. The van der Waals surface area contributed by atoms with Gasteiger partial charge in [-0.05, 0) is 56.9 Å². The lowest BCUT2D eigenvalue weighted by molar-refractivity contribution is -0.142. The summed E-state index contributed by atoms with van der Waals surface area (Å²) in [4.78, 5) is 19.9. The van der Waals surface area contributed by atoms with Gasteiger partial charge in [-0.25, -0.2) is 9.50 Å². The van der Waals surface area contributed by atoms with Crippen LogP contribution in [0.3, 0.4) is 0 Å². The highest BCUT2D eigenvalue weighted by Gasteiger charge is 2.42. The molecule has 5 nitrogen and oxygen atoms in total. The van der Waals surface area contributed by atoms with E-state index in [9.17, 15) is 18.0 Å². The van der Waals surface area contributed by atoms with Gasteiger partial charge < -0.3 is 4.90 Å². The molecular weight excluding hydrogens is 429 g/mol. The third-order valence-corrected chi connectivity index (χ3v) is 7.23. The number of amides is 1. The molecule has 33 heavy (non-hydrogen) atoms. The predicted octanol–water partition coefficient (Wildman–Crippen LogP) is 5.84. The Morgan fingerprint density at radius 2 is 1.79 bits per heavy atom. The first-order valence-corrected chi connectivity index (χ1v) is 11.6. The first-order valence-electron chi connectivity index (χ1n) is 11.6. The monoisotopic (exact) mass is 456 g/mol. The van der Waals surface area contributed by atoms with E-state index in [-0.39, 0.29) is 35.0 Å². The minimum absolute atomic E-state index is 0.0179. The minimum Gasteiger partial charge on any atom is -0.331 e. The van der Waals surface area contributed by atoms with Crippen molar-refractivity contribution in [2.75, 3.05) is 0 Å². The fraction of sp³-hybridized carbons (Fsp3) is 0.480. The number of halogens is 3. The van der Waals surface area contributed by atoms with Crippen molar-refractivity contribution < 1.29 is 18.0 Å². The predicted molar refractivity (Wildman–Crippen MR) is 119 cm³/mol. The fourth-order valence-corrected chi connectivity index (χ4v) is 5.60. The third kappa shape index (κ3) is 4.00. The second-order valence-corrected chi connectivity index (χ2v) is 9.57. The summed E-state index contributed by atoms with van der Waals surface area (Å²) in [6.45, 7) is 4.27. The van der Waals surface area contributed by atoms with E-state index >= 15 is 0 Å². The SMILES string of the molecule is CC1CCC2C(CCC(C)N2C(=O)c2cc3nc(-c4ccccc4)cc(C(F)(F)F)n3n2)C1. The van der Waals surface area contributed by atoms with Crippen LogP contribution in [0.15, 0.2) is 42.5 Å². The van der Waals surface area contributed by atoms with Gasteiger partial charge in [-0.15, -0.1) is 0 Å². The lowest BCUT2D eigenvalue weighted by atomic mass is 9.72. The van der Waals surface area contributed by atoms with Gasteiger partial charge in [0.05, 0.1) is 5.69 Å². The molecule has 5 rings (SSSR count). The Morgan fingerprint density at radius 1 is 1.03 bits per heavy atom. The third-order valence-electron chi connectivity index (χ3n) is 7.23. The molecule has 2 aliphatic rings. The first-order chi connectivity index (χ1) is 15.7. The Balaban J connectivity index is 1.57. The summed E-state index contributed by atoms with van der Waals surface area (Å²) in [7, 11) is 0. The molecular formula is C25H27F3N4O. The number of carbonyl (C=O) groups is 1. The Kier molecular flexibility index (Phi) is 5.41. The molecule has 2 aromatic heterocycles. The maximum Gasteiger partial charge on any atom is 0.433 e. The number of aromatic nitrogens is 3. The molecule has 174 valence electrons. The highest BCUT2D eigenvalue weighted by molar-refractivity contribution is 5.94. The number of hydrogen-bond donors (Lipinski definition) is 0. The zero-order chi connectivity index (χ0) is 23.3. The Hall–Kier alpha value is -2.90. The molecule has 4 atom stereocenters. The molecule has 3 aromatic rings. The number of benzene rings is 1. The van der Waals surface area contributed by atoms with Crippen molar-refractivity contribution in [1.82, 2.24) is 19.5 Å². The van der Waals surface area contributed by atoms with E-state index in [4.69, 9.17) is 0 Å². The van der Waals surface area contributed by atoms with Crippen molar-refractivity contribution >= 4 is 11.6 Å². The summed E-state index contributed by atoms with van der Waals surface area (Å²) in [5, 5.41) is 4.12. The van der Waals surface area contributed by atoms with Crippen molar-refractivity contribution in [3.05, 3.63) is 53.9 Å². The maximum absolute atomic E-state index is 13.9. The lowest BCUT2D eigenvalue weighted by Crippen LogP contribution is -2.54. The molecule has 0 N–H and O–H groups in total. The Bertz CT molecular complexity index is 1170. The van der Waals surface area contributed by atoms with Crippen molar-refractivity contribution in [2.45, 2.75) is 64.2 Å². The number of rotatable bonds is 2. The maximum atomic E-state index is 13.9. The smallest absolute Gasteiger partial charge is 0.331 e. The van der Waals surface area contributed by atoms with Crippen LogP contribution in [0.25, 0.3) is 16.9 Å². The van der Waals surface area contributed by atoms with Gasteiger partial charge in [0.25, 0.3) is 5.91 Å². The van der Waals surface area contributed by atoms with Crippen LogP contribution < -0.4 is 0 Å². The van der Waals surface area contributed by atoms with E-state index in [2.05, 4.69) is 17.0 Å². The standard InChI is InChI=1S/C25H27F3N4O/c1-15-8-11-21-18(12-15)10-9-16(2)31(21)24(33)20-14-23-29-19(17-6-4-3-5-7-17)13-22(25(26,27)28)32(23)30-20/h3-7,13-16,18,21H,8-12H2,1-2H3. The van der Waals surface area contributed by atoms with Crippen LogP contribution in [0.5, 0.6) is 0 Å². The van der Waals surface area contributed by atoms with Crippen molar-refractivity contribution in [3.63, 3.8) is 0 Å². The molecule has 4 unspecified atom stereocenters. The molecule has 0 spiro atoms. The van der Waals surface area contributed by atoms with Gasteiger partial charge in [-0.2, -0.15) is 18.3 Å². The number of hydrogen-bond acceptors (Lipinski definition) is 3. The number of piperidine rings is 1. The summed E-state index contributed by atoms with van der Waals surface area (Å²) in [6, 6.07) is 11.3. The largest absolute Gasteiger partial charge is 0.433 e. The zero-order valence-corrected chi connectivity index (χ0v) is 18.7. The molecule has 1 amide bonds. The Labute approximate surface area is 190 Å². The minimum atomic E-state index is -4.64. The van der Waals surface area contributed by atoms with Crippen molar-refractivity contribution in [1.29, 1.82) is 0 Å². The summed E-state index contributed by atoms with van der Waals surface area (Å²) < 4.78 is 42.5. The van der Waals surface area contributed by atoms with Crippen LogP contribution >= 0.6 is 0 Å². The number of nitrogens with zero attached hydrogens (tertiary/aromatic N) is 4. The molecule has 3 heterocycles.